The van der Waals surface area contributed by atoms with Crippen molar-refractivity contribution in [2.75, 3.05) is 13.2 Å². The fourth-order valence-electron chi connectivity index (χ4n) is 2.20. The minimum Gasteiger partial charge on any atom is -0.395 e. The van der Waals surface area contributed by atoms with Crippen LogP contribution in [0.4, 0.5) is 0 Å². The van der Waals surface area contributed by atoms with Gasteiger partial charge < -0.3 is 10.8 Å². The van der Waals surface area contributed by atoms with Crippen LogP contribution in [0.25, 0.3) is 0 Å². The molecule has 3 N–H and O–H groups in total. The highest BCUT2D eigenvalue weighted by atomic mass is 16.3. The molecule has 0 saturated heterocycles. The highest BCUT2D eigenvalue weighted by Gasteiger charge is 2.45. The van der Waals surface area contributed by atoms with Gasteiger partial charge in [0.1, 0.15) is 0 Å². The van der Waals surface area contributed by atoms with Crippen LogP contribution in [0.5, 0.6) is 0 Å². The van der Waals surface area contributed by atoms with Crippen LogP contribution in [0.3, 0.4) is 0 Å². The van der Waals surface area contributed by atoms with Crippen LogP contribution in [0, 0.1) is 0 Å². The van der Waals surface area contributed by atoms with Crippen molar-refractivity contribution in [2.24, 2.45) is 5.73 Å². The molecular formula is C13H19NO. The van der Waals surface area contributed by atoms with E-state index in [1.165, 1.54) is 11.1 Å². The third-order valence-corrected chi connectivity index (χ3v) is 3.57. The monoisotopic (exact) mass is 205 g/mol. The standard InChI is InChI=1S/C13H19NO/c1-10(8-14)11-4-2-3-5-12(11)13(9-15)6-7-13/h2-5,10,15H,6-9,14H2,1H3. The van der Waals surface area contributed by atoms with Crippen LogP contribution >= 0.6 is 0 Å². The Morgan fingerprint density at radius 1 is 1.40 bits per heavy atom. The highest BCUT2D eigenvalue weighted by Crippen LogP contribution is 2.49. The molecule has 2 heteroatoms. The van der Waals surface area contributed by atoms with Crippen LogP contribution < -0.4 is 5.73 Å². The molecule has 0 aliphatic heterocycles. The topological polar surface area (TPSA) is 46.2 Å². The molecule has 0 aromatic heterocycles. The first-order chi connectivity index (χ1) is 7.23. The lowest BCUT2D eigenvalue weighted by molar-refractivity contribution is 0.254. The van der Waals surface area contributed by atoms with Gasteiger partial charge in [-0.1, -0.05) is 31.2 Å². The van der Waals surface area contributed by atoms with E-state index in [0.717, 1.165) is 12.8 Å². The van der Waals surface area contributed by atoms with Gasteiger partial charge in [-0.15, -0.1) is 0 Å². The molecule has 2 nitrogen and oxygen atoms in total. The molecule has 1 fully saturated rings. The maximum atomic E-state index is 9.46. The second-order valence-electron chi connectivity index (χ2n) is 4.66. The smallest absolute Gasteiger partial charge is 0.0528 e. The Kier molecular flexibility index (Phi) is 2.81. The molecule has 1 saturated carbocycles. The number of hydrogen-bond acceptors (Lipinski definition) is 2. The maximum absolute atomic E-state index is 9.46. The van der Waals surface area contributed by atoms with Gasteiger partial charge in [-0.05, 0) is 36.4 Å². The van der Waals surface area contributed by atoms with E-state index >= 15 is 0 Å². The summed E-state index contributed by atoms with van der Waals surface area (Å²) >= 11 is 0. The minimum absolute atomic E-state index is 0.0556. The van der Waals surface area contributed by atoms with E-state index in [4.69, 9.17) is 5.73 Å². The van der Waals surface area contributed by atoms with Crippen LogP contribution in [0.1, 0.15) is 36.8 Å². The molecule has 1 aliphatic carbocycles. The van der Waals surface area contributed by atoms with E-state index in [0.29, 0.717) is 12.5 Å². The van der Waals surface area contributed by atoms with Gasteiger partial charge in [-0.25, -0.2) is 0 Å². The van der Waals surface area contributed by atoms with E-state index < -0.39 is 0 Å². The van der Waals surface area contributed by atoms with E-state index in [1.807, 2.05) is 0 Å². The Balaban J connectivity index is 2.38. The van der Waals surface area contributed by atoms with Gasteiger partial charge >= 0.3 is 0 Å². The van der Waals surface area contributed by atoms with Crippen LogP contribution in [0.2, 0.25) is 0 Å². The molecule has 1 aliphatic rings. The summed E-state index contributed by atoms with van der Waals surface area (Å²) in [5, 5.41) is 9.46. The molecule has 0 amide bonds. The molecule has 1 atom stereocenters. The van der Waals surface area contributed by atoms with Crippen molar-refractivity contribution in [3.63, 3.8) is 0 Å². The minimum atomic E-state index is 0.0556. The van der Waals surface area contributed by atoms with Gasteiger partial charge in [0.2, 0.25) is 0 Å². The van der Waals surface area contributed by atoms with Crippen molar-refractivity contribution < 1.29 is 5.11 Å². The van der Waals surface area contributed by atoms with E-state index in [2.05, 4.69) is 31.2 Å². The predicted octanol–water partition coefficient (Wildman–Crippen LogP) is 1.77. The summed E-state index contributed by atoms with van der Waals surface area (Å²) in [5.74, 6) is 0.380. The fraction of sp³-hybridized carbons (Fsp3) is 0.538. The Morgan fingerprint density at radius 2 is 2.07 bits per heavy atom. The Labute approximate surface area is 91.1 Å². The fourth-order valence-corrected chi connectivity index (χ4v) is 2.20. The SMILES string of the molecule is CC(CN)c1ccccc1C1(CO)CC1. The zero-order valence-corrected chi connectivity index (χ0v) is 9.24. The Bertz CT molecular complexity index is 344. The lowest BCUT2D eigenvalue weighted by Gasteiger charge is -2.20. The van der Waals surface area contributed by atoms with Gasteiger partial charge in [0.05, 0.1) is 6.61 Å². The molecular weight excluding hydrogens is 186 g/mol. The maximum Gasteiger partial charge on any atom is 0.0528 e. The zero-order valence-electron chi connectivity index (χ0n) is 9.24. The molecule has 1 aromatic rings. The summed E-state index contributed by atoms with van der Waals surface area (Å²) in [4.78, 5) is 0. The van der Waals surface area contributed by atoms with Crippen molar-refractivity contribution in [3.8, 4) is 0 Å². The number of nitrogens with two attached hydrogens (primary N) is 1. The molecule has 2 rings (SSSR count). The number of hydrogen-bond donors (Lipinski definition) is 2. The average Bonchev–Trinajstić information content (AvgIpc) is 3.09. The van der Waals surface area contributed by atoms with E-state index in [1.54, 1.807) is 0 Å². The predicted molar refractivity (Wildman–Crippen MR) is 61.9 cm³/mol. The molecule has 15 heavy (non-hydrogen) atoms. The number of benzene rings is 1. The van der Waals surface area contributed by atoms with Crippen molar-refractivity contribution in [1.82, 2.24) is 0 Å². The molecule has 0 heterocycles. The first-order valence-corrected chi connectivity index (χ1v) is 5.64. The Morgan fingerprint density at radius 3 is 2.60 bits per heavy atom. The van der Waals surface area contributed by atoms with Gasteiger partial charge in [0.25, 0.3) is 0 Å². The third kappa shape index (κ3) is 1.80. The molecule has 82 valence electrons. The summed E-state index contributed by atoms with van der Waals surface area (Å²) < 4.78 is 0. The highest BCUT2D eigenvalue weighted by molar-refractivity contribution is 5.40. The molecule has 1 unspecified atom stereocenters. The van der Waals surface area contributed by atoms with Gasteiger partial charge in [-0.2, -0.15) is 0 Å². The van der Waals surface area contributed by atoms with Gasteiger partial charge in [-0.3, -0.25) is 0 Å². The van der Waals surface area contributed by atoms with Crippen molar-refractivity contribution in [3.05, 3.63) is 35.4 Å². The summed E-state index contributed by atoms with van der Waals surface area (Å²) in [7, 11) is 0. The lowest BCUT2D eigenvalue weighted by Crippen LogP contribution is -2.18. The summed E-state index contributed by atoms with van der Waals surface area (Å²) in [5.41, 5.74) is 8.39. The molecule has 1 aromatic carbocycles. The summed E-state index contributed by atoms with van der Waals surface area (Å²) in [6, 6.07) is 8.39. The second kappa shape index (κ2) is 3.95. The molecule has 0 spiro atoms. The van der Waals surface area contributed by atoms with Gasteiger partial charge in [0, 0.05) is 5.41 Å². The van der Waals surface area contributed by atoms with Crippen LogP contribution in [-0.4, -0.2) is 18.3 Å². The zero-order chi connectivity index (χ0) is 10.9. The third-order valence-electron chi connectivity index (χ3n) is 3.57. The van der Waals surface area contributed by atoms with Crippen LogP contribution in [-0.2, 0) is 5.41 Å². The molecule has 0 bridgehead atoms. The van der Waals surface area contributed by atoms with Crippen molar-refractivity contribution in [2.45, 2.75) is 31.1 Å². The summed E-state index contributed by atoms with van der Waals surface area (Å²) in [6.45, 7) is 3.08. The lowest BCUT2D eigenvalue weighted by atomic mass is 9.86. The first-order valence-electron chi connectivity index (χ1n) is 5.64. The summed E-state index contributed by atoms with van der Waals surface area (Å²) in [6.07, 6.45) is 2.22. The number of aliphatic hydroxyl groups is 1. The number of rotatable bonds is 4. The quantitative estimate of drug-likeness (QED) is 0.787. The number of aliphatic hydroxyl groups excluding tert-OH is 1. The Hall–Kier alpha value is -0.860. The first kappa shape index (κ1) is 10.7. The second-order valence-corrected chi connectivity index (χ2v) is 4.66. The average molecular weight is 205 g/mol. The van der Waals surface area contributed by atoms with E-state index in [9.17, 15) is 5.11 Å². The van der Waals surface area contributed by atoms with E-state index in [-0.39, 0.29) is 12.0 Å². The van der Waals surface area contributed by atoms with Crippen molar-refractivity contribution in [1.29, 1.82) is 0 Å². The largest absolute Gasteiger partial charge is 0.395 e. The van der Waals surface area contributed by atoms with Gasteiger partial charge in [0.15, 0.2) is 0 Å². The normalized spacial score (nSPS) is 19.9. The van der Waals surface area contributed by atoms with Crippen molar-refractivity contribution >= 4 is 0 Å². The van der Waals surface area contributed by atoms with Crippen LogP contribution in [0.15, 0.2) is 24.3 Å². The molecule has 0 radical (unpaired) electrons.